The fourth-order valence-corrected chi connectivity index (χ4v) is 2.28. The summed E-state index contributed by atoms with van der Waals surface area (Å²) in [6.45, 7) is 4.45. The lowest BCUT2D eigenvalue weighted by Gasteiger charge is -2.09. The first-order valence-corrected chi connectivity index (χ1v) is 8.99. The molecule has 2 aromatic rings. The van der Waals surface area contributed by atoms with Gasteiger partial charge in [0.25, 0.3) is 11.8 Å². The zero-order valence-corrected chi connectivity index (χ0v) is 15.9. The van der Waals surface area contributed by atoms with E-state index < -0.39 is 18.4 Å². The molecule has 0 atom stereocenters. The molecule has 0 aliphatic carbocycles. The van der Waals surface area contributed by atoms with Crippen LogP contribution in [0.5, 0.6) is 5.75 Å². The van der Waals surface area contributed by atoms with E-state index in [-0.39, 0.29) is 5.91 Å². The third kappa shape index (κ3) is 6.75. The van der Waals surface area contributed by atoms with Gasteiger partial charge in [0.1, 0.15) is 12.3 Å². The maximum absolute atomic E-state index is 12.3. The molecule has 0 bridgehead atoms. The largest absolute Gasteiger partial charge is 0.494 e. The molecule has 0 saturated heterocycles. The van der Waals surface area contributed by atoms with Gasteiger partial charge in [-0.1, -0.05) is 13.8 Å². The highest BCUT2D eigenvalue weighted by molar-refractivity contribution is 6.04. The van der Waals surface area contributed by atoms with Gasteiger partial charge in [0.2, 0.25) is 0 Å². The summed E-state index contributed by atoms with van der Waals surface area (Å²) in [4.78, 5) is 34.6. The Labute approximate surface area is 163 Å². The van der Waals surface area contributed by atoms with E-state index in [9.17, 15) is 14.4 Å². The predicted molar refractivity (Wildman–Crippen MR) is 106 cm³/mol. The number of aliphatic carboxylic acids is 1. The fraction of sp³-hybridized carbons (Fsp3) is 0.286. The van der Waals surface area contributed by atoms with Crippen molar-refractivity contribution in [3.63, 3.8) is 0 Å². The summed E-state index contributed by atoms with van der Waals surface area (Å²) in [6, 6.07) is 13.1. The molecule has 0 saturated carbocycles. The average molecular weight is 384 g/mol. The third-order valence-electron chi connectivity index (χ3n) is 3.89. The van der Waals surface area contributed by atoms with Crippen LogP contribution in [0.25, 0.3) is 0 Å². The molecule has 0 heterocycles. The number of carbonyl (C=O) groups is 3. The van der Waals surface area contributed by atoms with Gasteiger partial charge in [-0.05, 0) is 60.9 Å². The lowest BCUT2D eigenvalue weighted by atomic mass is 10.1. The van der Waals surface area contributed by atoms with Crippen LogP contribution in [0, 0.1) is 5.92 Å². The number of ether oxygens (including phenoxy) is 1. The molecule has 7 nitrogen and oxygen atoms in total. The Morgan fingerprint density at radius 2 is 1.50 bits per heavy atom. The van der Waals surface area contributed by atoms with Crippen molar-refractivity contribution in [2.24, 2.45) is 5.92 Å². The molecule has 2 rings (SSSR count). The Kier molecular flexibility index (Phi) is 7.56. The van der Waals surface area contributed by atoms with Crippen LogP contribution in [0.2, 0.25) is 0 Å². The number of carbonyl (C=O) groups excluding carboxylic acids is 2. The highest BCUT2D eigenvalue weighted by atomic mass is 16.5. The van der Waals surface area contributed by atoms with Crippen molar-refractivity contribution in [2.45, 2.75) is 20.3 Å². The van der Waals surface area contributed by atoms with Gasteiger partial charge in [0.05, 0.1) is 6.61 Å². The average Bonchev–Trinajstić information content (AvgIpc) is 2.67. The summed E-state index contributed by atoms with van der Waals surface area (Å²) >= 11 is 0. The summed E-state index contributed by atoms with van der Waals surface area (Å²) in [5.74, 6) is -0.604. The van der Waals surface area contributed by atoms with Crippen molar-refractivity contribution in [1.82, 2.24) is 5.32 Å². The molecule has 0 radical (unpaired) electrons. The number of carboxylic acid groups (broad SMARTS) is 1. The topological polar surface area (TPSA) is 105 Å². The van der Waals surface area contributed by atoms with Crippen LogP contribution in [0.15, 0.2) is 48.5 Å². The molecule has 3 N–H and O–H groups in total. The minimum atomic E-state index is -1.12. The monoisotopic (exact) mass is 384 g/mol. The van der Waals surface area contributed by atoms with Crippen LogP contribution in [-0.4, -0.2) is 36.0 Å². The summed E-state index contributed by atoms with van der Waals surface area (Å²) in [6.07, 6.45) is 0.965. The van der Waals surface area contributed by atoms with Crippen LogP contribution >= 0.6 is 0 Å². The molecule has 148 valence electrons. The number of carboxylic acids is 1. The zero-order chi connectivity index (χ0) is 20.5. The standard InChI is InChI=1S/C21H24N2O5/c1-14(2)11-12-28-18-9-5-16(6-10-18)21(27)23-17-7-3-15(4-8-17)20(26)22-13-19(24)25/h3-10,14H,11-13H2,1-2H3,(H,22,26)(H,23,27)(H,24,25). The normalized spacial score (nSPS) is 10.4. The van der Waals surface area contributed by atoms with Crippen molar-refractivity contribution in [3.8, 4) is 5.75 Å². The van der Waals surface area contributed by atoms with Crippen LogP contribution in [0.4, 0.5) is 5.69 Å². The van der Waals surface area contributed by atoms with E-state index in [0.29, 0.717) is 35.1 Å². The highest BCUT2D eigenvalue weighted by Gasteiger charge is 2.09. The van der Waals surface area contributed by atoms with E-state index in [1.54, 1.807) is 36.4 Å². The molecular formula is C21H24N2O5. The molecule has 2 amide bonds. The smallest absolute Gasteiger partial charge is 0.322 e. The fourth-order valence-electron chi connectivity index (χ4n) is 2.28. The van der Waals surface area contributed by atoms with E-state index >= 15 is 0 Å². The number of hydrogen-bond acceptors (Lipinski definition) is 4. The van der Waals surface area contributed by atoms with Gasteiger partial charge in [-0.25, -0.2) is 0 Å². The van der Waals surface area contributed by atoms with Crippen LogP contribution in [0.1, 0.15) is 41.0 Å². The van der Waals surface area contributed by atoms with Crippen molar-refractivity contribution < 1.29 is 24.2 Å². The Hall–Kier alpha value is -3.35. The van der Waals surface area contributed by atoms with Crippen LogP contribution < -0.4 is 15.4 Å². The van der Waals surface area contributed by atoms with Crippen molar-refractivity contribution in [2.75, 3.05) is 18.5 Å². The van der Waals surface area contributed by atoms with E-state index in [2.05, 4.69) is 24.5 Å². The maximum Gasteiger partial charge on any atom is 0.322 e. The van der Waals surface area contributed by atoms with E-state index in [1.165, 1.54) is 12.1 Å². The molecule has 0 aromatic heterocycles. The van der Waals surface area contributed by atoms with Crippen LogP contribution in [-0.2, 0) is 4.79 Å². The van der Waals surface area contributed by atoms with Gasteiger partial charge in [-0.15, -0.1) is 0 Å². The second-order valence-corrected chi connectivity index (χ2v) is 6.66. The van der Waals surface area contributed by atoms with E-state index in [0.717, 1.165) is 6.42 Å². The molecular weight excluding hydrogens is 360 g/mol. The first kappa shape index (κ1) is 21.0. The quantitative estimate of drug-likeness (QED) is 0.616. The number of rotatable bonds is 9. The minimum Gasteiger partial charge on any atom is -0.494 e. The Morgan fingerprint density at radius 1 is 0.929 bits per heavy atom. The summed E-state index contributed by atoms with van der Waals surface area (Å²) in [7, 11) is 0. The lowest BCUT2D eigenvalue weighted by Crippen LogP contribution is -2.29. The second kappa shape index (κ2) is 10.1. The number of hydrogen-bond donors (Lipinski definition) is 3. The third-order valence-corrected chi connectivity index (χ3v) is 3.89. The summed E-state index contributed by atoms with van der Waals surface area (Å²) < 4.78 is 5.63. The number of amides is 2. The van der Waals surface area contributed by atoms with Gasteiger partial charge in [-0.3, -0.25) is 14.4 Å². The van der Waals surface area contributed by atoms with Crippen molar-refractivity contribution >= 4 is 23.5 Å². The molecule has 2 aromatic carbocycles. The summed E-state index contributed by atoms with van der Waals surface area (Å²) in [5.41, 5.74) is 1.32. The molecule has 0 unspecified atom stereocenters. The van der Waals surface area contributed by atoms with Gasteiger partial charge >= 0.3 is 5.97 Å². The molecule has 7 heteroatoms. The zero-order valence-electron chi connectivity index (χ0n) is 15.9. The Balaban J connectivity index is 1.90. The number of nitrogens with one attached hydrogen (secondary N) is 2. The molecule has 0 spiro atoms. The Bertz CT molecular complexity index is 814. The Morgan fingerprint density at radius 3 is 2.07 bits per heavy atom. The number of benzene rings is 2. The second-order valence-electron chi connectivity index (χ2n) is 6.66. The lowest BCUT2D eigenvalue weighted by molar-refractivity contribution is -0.135. The van der Waals surface area contributed by atoms with E-state index in [4.69, 9.17) is 9.84 Å². The molecule has 0 fully saturated rings. The van der Waals surface area contributed by atoms with Gasteiger partial charge in [0, 0.05) is 16.8 Å². The first-order chi connectivity index (χ1) is 13.3. The molecule has 28 heavy (non-hydrogen) atoms. The molecule has 0 aliphatic rings. The van der Waals surface area contributed by atoms with E-state index in [1.807, 2.05) is 0 Å². The highest BCUT2D eigenvalue weighted by Crippen LogP contribution is 2.16. The van der Waals surface area contributed by atoms with Crippen LogP contribution in [0.3, 0.4) is 0 Å². The minimum absolute atomic E-state index is 0.281. The van der Waals surface area contributed by atoms with Gasteiger partial charge in [0.15, 0.2) is 0 Å². The number of anilines is 1. The van der Waals surface area contributed by atoms with Crippen molar-refractivity contribution in [1.29, 1.82) is 0 Å². The van der Waals surface area contributed by atoms with Crippen molar-refractivity contribution in [3.05, 3.63) is 59.7 Å². The SMILES string of the molecule is CC(C)CCOc1ccc(C(=O)Nc2ccc(C(=O)NCC(=O)O)cc2)cc1. The molecule has 0 aliphatic heterocycles. The maximum atomic E-state index is 12.3. The summed E-state index contributed by atoms with van der Waals surface area (Å²) in [5, 5.41) is 13.6. The predicted octanol–water partition coefficient (Wildman–Crippen LogP) is 3.18. The van der Waals surface area contributed by atoms with Gasteiger partial charge < -0.3 is 20.5 Å². The first-order valence-electron chi connectivity index (χ1n) is 8.99. The van der Waals surface area contributed by atoms with Gasteiger partial charge in [-0.2, -0.15) is 0 Å².